The van der Waals surface area contributed by atoms with Crippen LogP contribution in [0.4, 0.5) is 5.69 Å². The first-order valence-corrected chi connectivity index (χ1v) is 7.73. The van der Waals surface area contributed by atoms with E-state index in [1.54, 1.807) is 4.90 Å². The second-order valence-corrected chi connectivity index (χ2v) is 6.27. The van der Waals surface area contributed by atoms with Crippen LogP contribution in [0.3, 0.4) is 0 Å². The highest BCUT2D eigenvalue weighted by molar-refractivity contribution is 6.02. The average molecular weight is 304 g/mol. The van der Waals surface area contributed by atoms with E-state index in [1.165, 1.54) is 6.92 Å². The maximum atomic E-state index is 12.4. The molecular weight excluding hydrogens is 280 g/mol. The van der Waals surface area contributed by atoms with Gasteiger partial charge in [0.05, 0.1) is 6.10 Å². The Balaban J connectivity index is 2.03. The number of nitrogens with one attached hydrogen (secondary N) is 1. The fourth-order valence-corrected chi connectivity index (χ4v) is 2.95. The lowest BCUT2D eigenvalue weighted by molar-refractivity contribution is -0.125. The van der Waals surface area contributed by atoms with E-state index in [-0.39, 0.29) is 18.4 Å². The molecule has 1 aromatic carbocycles. The highest BCUT2D eigenvalue weighted by atomic mass is 16.3. The van der Waals surface area contributed by atoms with Gasteiger partial charge < -0.3 is 10.4 Å². The number of hydrogen-bond donors (Lipinski definition) is 2. The van der Waals surface area contributed by atoms with Crippen molar-refractivity contribution in [2.75, 3.05) is 11.4 Å². The Morgan fingerprint density at radius 2 is 2.05 bits per heavy atom. The lowest BCUT2D eigenvalue weighted by Gasteiger charge is -2.24. The first kappa shape index (κ1) is 16.5. The Labute approximate surface area is 131 Å². The van der Waals surface area contributed by atoms with Crippen LogP contribution >= 0.6 is 0 Å². The summed E-state index contributed by atoms with van der Waals surface area (Å²) in [5.74, 6) is 0.0124. The molecule has 1 unspecified atom stereocenters. The Hall–Kier alpha value is -1.88. The molecule has 0 spiro atoms. The third-order valence-electron chi connectivity index (χ3n) is 3.87. The minimum absolute atomic E-state index is 0.146. The number of fused-ring (bicyclic) bond motifs is 1. The molecule has 5 nitrogen and oxygen atoms in total. The number of benzene rings is 1. The van der Waals surface area contributed by atoms with Crippen LogP contribution in [0.5, 0.6) is 0 Å². The molecule has 0 saturated heterocycles. The van der Waals surface area contributed by atoms with Crippen molar-refractivity contribution < 1.29 is 14.7 Å². The van der Waals surface area contributed by atoms with E-state index in [0.29, 0.717) is 18.8 Å². The summed E-state index contributed by atoms with van der Waals surface area (Å²) in [7, 11) is 0. The number of carbonyl (C=O) groups is 2. The van der Waals surface area contributed by atoms with Crippen molar-refractivity contribution in [3.63, 3.8) is 0 Å². The SMILES string of the molecule is CC(=O)N1c2ccccc2C[C@H]1C(=O)NCC(O)CC(C)C. The van der Waals surface area contributed by atoms with Gasteiger partial charge in [0.1, 0.15) is 6.04 Å². The van der Waals surface area contributed by atoms with Crippen LogP contribution in [-0.2, 0) is 16.0 Å². The van der Waals surface area contributed by atoms with Crippen LogP contribution in [0.2, 0.25) is 0 Å². The molecular formula is C17H24N2O3. The second kappa shape index (κ2) is 6.92. The second-order valence-electron chi connectivity index (χ2n) is 6.27. The summed E-state index contributed by atoms with van der Waals surface area (Å²) in [4.78, 5) is 25.8. The van der Waals surface area contributed by atoms with Gasteiger partial charge in [-0.3, -0.25) is 14.5 Å². The van der Waals surface area contributed by atoms with Crippen molar-refractivity contribution in [1.29, 1.82) is 0 Å². The zero-order chi connectivity index (χ0) is 16.3. The van der Waals surface area contributed by atoms with E-state index in [2.05, 4.69) is 5.32 Å². The highest BCUT2D eigenvalue weighted by Gasteiger charge is 2.36. The third kappa shape index (κ3) is 3.65. The number of hydrogen-bond acceptors (Lipinski definition) is 3. The fourth-order valence-electron chi connectivity index (χ4n) is 2.95. The van der Waals surface area contributed by atoms with Crippen molar-refractivity contribution in [2.24, 2.45) is 5.92 Å². The predicted molar refractivity (Wildman–Crippen MR) is 85.6 cm³/mol. The van der Waals surface area contributed by atoms with Crippen molar-refractivity contribution in [3.8, 4) is 0 Å². The largest absolute Gasteiger partial charge is 0.391 e. The molecule has 0 radical (unpaired) electrons. The number of amides is 2. The lowest BCUT2D eigenvalue weighted by atomic mass is 10.1. The van der Waals surface area contributed by atoms with Gasteiger partial charge in [-0.2, -0.15) is 0 Å². The van der Waals surface area contributed by atoms with Crippen LogP contribution in [0.25, 0.3) is 0 Å². The van der Waals surface area contributed by atoms with E-state index in [9.17, 15) is 14.7 Å². The molecule has 22 heavy (non-hydrogen) atoms. The molecule has 1 heterocycles. The normalized spacial score (nSPS) is 18.2. The maximum absolute atomic E-state index is 12.4. The Kier molecular flexibility index (Phi) is 5.19. The van der Waals surface area contributed by atoms with Crippen molar-refractivity contribution >= 4 is 17.5 Å². The minimum Gasteiger partial charge on any atom is -0.391 e. The maximum Gasteiger partial charge on any atom is 0.243 e. The predicted octanol–water partition coefficient (Wildman–Crippen LogP) is 1.49. The zero-order valence-corrected chi connectivity index (χ0v) is 13.4. The number of anilines is 1. The summed E-state index contributed by atoms with van der Waals surface area (Å²) in [5.41, 5.74) is 1.80. The number of rotatable bonds is 5. The van der Waals surface area contributed by atoms with E-state index in [1.807, 2.05) is 38.1 Å². The summed E-state index contributed by atoms with van der Waals surface area (Å²) >= 11 is 0. The van der Waals surface area contributed by atoms with Gasteiger partial charge in [0.15, 0.2) is 0 Å². The van der Waals surface area contributed by atoms with Crippen LogP contribution in [0, 0.1) is 5.92 Å². The van der Waals surface area contributed by atoms with Crippen LogP contribution in [0.15, 0.2) is 24.3 Å². The Morgan fingerprint density at radius 3 is 2.68 bits per heavy atom. The topological polar surface area (TPSA) is 69.6 Å². The molecule has 2 rings (SSSR count). The van der Waals surface area contributed by atoms with Crippen LogP contribution < -0.4 is 10.2 Å². The van der Waals surface area contributed by atoms with Gasteiger partial charge in [0.2, 0.25) is 11.8 Å². The Morgan fingerprint density at radius 1 is 1.36 bits per heavy atom. The highest BCUT2D eigenvalue weighted by Crippen LogP contribution is 2.32. The van der Waals surface area contributed by atoms with Crippen LogP contribution in [-0.4, -0.2) is 35.6 Å². The van der Waals surface area contributed by atoms with E-state index in [0.717, 1.165) is 11.3 Å². The minimum atomic E-state index is -0.557. The molecule has 2 amide bonds. The molecule has 0 bridgehead atoms. The standard InChI is InChI=1S/C17H24N2O3/c1-11(2)8-14(21)10-18-17(22)16-9-13-6-4-5-7-15(13)19(16)12(3)20/h4-7,11,14,16,21H,8-10H2,1-3H3,(H,18,22)/t14?,16-/m0/s1. The number of aliphatic hydroxyl groups excluding tert-OH is 1. The summed E-state index contributed by atoms with van der Waals surface area (Å²) in [5, 5.41) is 12.6. The summed E-state index contributed by atoms with van der Waals surface area (Å²) in [6, 6.07) is 7.04. The van der Waals surface area contributed by atoms with Gasteiger partial charge >= 0.3 is 0 Å². The number of para-hydroxylation sites is 1. The lowest BCUT2D eigenvalue weighted by Crippen LogP contribution is -2.48. The number of nitrogens with zero attached hydrogens (tertiary/aromatic N) is 1. The zero-order valence-electron chi connectivity index (χ0n) is 13.4. The van der Waals surface area contributed by atoms with E-state index >= 15 is 0 Å². The summed E-state index contributed by atoms with van der Waals surface area (Å²) in [6.45, 7) is 5.73. The van der Waals surface area contributed by atoms with Gasteiger partial charge in [-0.1, -0.05) is 32.0 Å². The first-order valence-electron chi connectivity index (χ1n) is 7.73. The average Bonchev–Trinajstić information content (AvgIpc) is 2.83. The molecule has 1 aliphatic rings. The third-order valence-corrected chi connectivity index (χ3v) is 3.87. The van der Waals surface area contributed by atoms with Gasteiger partial charge in [-0.15, -0.1) is 0 Å². The molecule has 0 fully saturated rings. The van der Waals surface area contributed by atoms with E-state index in [4.69, 9.17) is 0 Å². The van der Waals surface area contributed by atoms with Crippen LogP contribution in [0.1, 0.15) is 32.8 Å². The van der Waals surface area contributed by atoms with Gasteiger partial charge in [-0.05, 0) is 24.0 Å². The van der Waals surface area contributed by atoms with Crippen molar-refractivity contribution in [1.82, 2.24) is 5.32 Å². The number of carbonyl (C=O) groups excluding carboxylic acids is 2. The van der Waals surface area contributed by atoms with Gasteiger partial charge in [-0.25, -0.2) is 0 Å². The summed E-state index contributed by atoms with van der Waals surface area (Å²) < 4.78 is 0. The molecule has 0 aromatic heterocycles. The molecule has 5 heteroatoms. The summed E-state index contributed by atoms with van der Waals surface area (Å²) in [6.07, 6.45) is 0.599. The molecule has 0 saturated carbocycles. The Bertz CT molecular complexity index is 557. The molecule has 120 valence electrons. The monoisotopic (exact) mass is 304 g/mol. The van der Waals surface area contributed by atoms with Crippen molar-refractivity contribution in [3.05, 3.63) is 29.8 Å². The molecule has 2 atom stereocenters. The molecule has 0 aliphatic carbocycles. The molecule has 1 aliphatic heterocycles. The van der Waals surface area contributed by atoms with E-state index < -0.39 is 12.1 Å². The molecule has 2 N–H and O–H groups in total. The fraction of sp³-hybridized carbons (Fsp3) is 0.529. The smallest absolute Gasteiger partial charge is 0.243 e. The molecule has 1 aromatic rings. The van der Waals surface area contributed by atoms with Gasteiger partial charge in [0.25, 0.3) is 0 Å². The van der Waals surface area contributed by atoms with Crippen molar-refractivity contribution in [2.45, 2.75) is 45.8 Å². The first-order chi connectivity index (χ1) is 10.4. The number of aliphatic hydroxyl groups is 1. The quantitative estimate of drug-likeness (QED) is 0.866. The van der Waals surface area contributed by atoms with Gasteiger partial charge in [0, 0.05) is 25.6 Å².